The Morgan fingerprint density at radius 1 is 0.209 bits per heavy atom. The molecule has 0 saturated carbocycles. The van der Waals surface area contributed by atoms with E-state index >= 15 is 0 Å². The van der Waals surface area contributed by atoms with Crippen LogP contribution in [0.5, 0.6) is 0 Å². The number of carbonyl (C=O) groups is 2. The summed E-state index contributed by atoms with van der Waals surface area (Å²) >= 11 is 0. The zero-order valence-corrected chi connectivity index (χ0v) is 65.9. The molecule has 0 aromatic heterocycles. The quantitative estimate of drug-likeness (QED) is 0.0445. The third-order valence-electron chi connectivity index (χ3n) is 20.4. The molecule has 2 unspecified atom stereocenters. The number of carboxylic acid groups (broad SMARTS) is 2. The Labute approximate surface area is 604 Å². The Bertz CT molecular complexity index is 1160. The van der Waals surface area contributed by atoms with Crippen LogP contribution in [0.1, 0.15) is 491 Å². The summed E-state index contributed by atoms with van der Waals surface area (Å²) in [5.41, 5.74) is 0. The summed E-state index contributed by atoms with van der Waals surface area (Å²) in [5, 5.41) is 22.5. The maximum Gasteiger partial charge on any atom is 2.00 e. The Morgan fingerprint density at radius 2 is 0.308 bits per heavy atom. The third-order valence-corrected chi connectivity index (χ3v) is 20.4. The summed E-state index contributed by atoms with van der Waals surface area (Å²) in [6.07, 6.45) is 95.3. The van der Waals surface area contributed by atoms with Gasteiger partial charge >= 0.3 is 37.7 Å². The molecule has 0 aromatic rings. The van der Waals surface area contributed by atoms with Gasteiger partial charge in [-0.2, -0.15) is 0 Å². The van der Waals surface area contributed by atoms with Crippen LogP contribution in [0.2, 0.25) is 0 Å². The van der Waals surface area contributed by atoms with E-state index in [1.165, 1.54) is 437 Å². The van der Waals surface area contributed by atoms with E-state index in [0.717, 1.165) is 26.2 Å². The van der Waals surface area contributed by atoms with Gasteiger partial charge in [-0.3, -0.25) is 0 Å². The zero-order chi connectivity index (χ0) is 65.8. The van der Waals surface area contributed by atoms with E-state index in [9.17, 15) is 19.8 Å². The maximum atomic E-state index is 11.2. The summed E-state index contributed by atoms with van der Waals surface area (Å²) < 4.78 is 0. The van der Waals surface area contributed by atoms with Crippen molar-refractivity contribution in [2.45, 2.75) is 503 Å². The summed E-state index contributed by atoms with van der Waals surface area (Å²) in [5.74, 6) is -1.81. The van der Waals surface area contributed by atoms with Crippen molar-refractivity contribution in [3.63, 3.8) is 0 Å². The Hall–Kier alpha value is 0.120. The average Bonchev–Trinajstić information content (AvgIpc) is 3.72. The summed E-state index contributed by atoms with van der Waals surface area (Å²) in [7, 11) is 0. The summed E-state index contributed by atoms with van der Waals surface area (Å²) in [6, 6.07) is 0.189. The van der Waals surface area contributed by atoms with Crippen LogP contribution in [0.15, 0.2) is 0 Å². The molecule has 2 atom stereocenters. The van der Waals surface area contributed by atoms with E-state index in [1.807, 2.05) is 0 Å². The van der Waals surface area contributed by atoms with Crippen molar-refractivity contribution in [2.75, 3.05) is 26.2 Å². The number of hydrogen-bond donors (Lipinski definition) is 0. The number of hydrogen-bond acceptors (Lipinski definition) is 6. The zero-order valence-electron chi connectivity index (χ0n) is 63.7. The molecule has 0 aromatic carbocycles. The van der Waals surface area contributed by atoms with Gasteiger partial charge < -0.3 is 29.6 Å². The van der Waals surface area contributed by atoms with Crippen LogP contribution >= 0.6 is 0 Å². The first-order chi connectivity index (χ1) is 44.2. The van der Waals surface area contributed by atoms with Crippen molar-refractivity contribution in [2.24, 2.45) is 0 Å². The fourth-order valence-corrected chi connectivity index (χ4v) is 14.0. The summed E-state index contributed by atoms with van der Waals surface area (Å²) in [6.45, 7) is 17.5. The first-order valence-electron chi connectivity index (χ1n) is 42.1. The van der Waals surface area contributed by atoms with Gasteiger partial charge in [-0.25, -0.2) is 0 Å². The number of nitrogens with zero attached hydrogens (tertiary/aromatic N) is 2. The van der Waals surface area contributed by atoms with Crippen molar-refractivity contribution in [1.29, 1.82) is 0 Å². The van der Waals surface area contributed by atoms with Crippen LogP contribution < -0.4 is 10.2 Å². The molecule has 0 heterocycles. The molecule has 0 radical (unpaired) electrons. The van der Waals surface area contributed by atoms with Crippen LogP contribution in [0.4, 0.5) is 0 Å². The first kappa shape index (κ1) is 95.3. The molecule has 0 bridgehead atoms. The molecular formula is C84H168CaN2O4. The molecule has 0 amide bonds. The van der Waals surface area contributed by atoms with Crippen molar-refractivity contribution < 1.29 is 19.8 Å². The standard InChI is InChI=1S/2C42H85NO2.Ca/c2*1-4-6-8-10-12-14-16-18-20-22-24-26-28-30-32-34-36-38-43(41(3)40-42(44)45)39-37-35-33-31-29-27-25-23-21-19-17-15-13-11-9-7-5-2;/h2*41H,4-40H2,1-3H3,(H,44,45);/q;;+2/p-2. The second-order valence-electron chi connectivity index (χ2n) is 29.5. The van der Waals surface area contributed by atoms with Crippen LogP contribution in [-0.2, 0) is 9.59 Å². The van der Waals surface area contributed by atoms with Gasteiger partial charge in [0.25, 0.3) is 0 Å². The Balaban J connectivity index is -0.00000168. The smallest absolute Gasteiger partial charge is 0.550 e. The van der Waals surface area contributed by atoms with Gasteiger partial charge in [0.05, 0.1) is 0 Å². The van der Waals surface area contributed by atoms with E-state index in [1.54, 1.807) is 0 Å². The van der Waals surface area contributed by atoms with Gasteiger partial charge in [0, 0.05) is 36.9 Å². The topological polar surface area (TPSA) is 86.7 Å². The number of aliphatic carboxylic acids is 2. The van der Waals surface area contributed by atoms with Crippen molar-refractivity contribution in [3.05, 3.63) is 0 Å². The molecule has 91 heavy (non-hydrogen) atoms. The second kappa shape index (κ2) is 84.3. The van der Waals surface area contributed by atoms with Crippen LogP contribution in [0.3, 0.4) is 0 Å². The fraction of sp³-hybridized carbons (Fsp3) is 0.976. The first-order valence-corrected chi connectivity index (χ1v) is 42.1. The van der Waals surface area contributed by atoms with E-state index in [2.05, 4.69) is 51.3 Å². The number of carbonyl (C=O) groups excluding carboxylic acids is 2. The second-order valence-corrected chi connectivity index (χ2v) is 29.5. The fourth-order valence-electron chi connectivity index (χ4n) is 14.0. The number of unbranched alkanes of at least 4 members (excludes halogenated alkanes) is 64. The maximum absolute atomic E-state index is 11.2. The molecule has 0 saturated heterocycles. The van der Waals surface area contributed by atoms with Gasteiger partial charge in [-0.05, 0) is 65.7 Å². The molecule has 6 nitrogen and oxygen atoms in total. The van der Waals surface area contributed by atoms with Crippen molar-refractivity contribution >= 4 is 49.7 Å². The Morgan fingerprint density at radius 3 is 0.407 bits per heavy atom. The molecule has 0 rings (SSSR count). The van der Waals surface area contributed by atoms with Crippen LogP contribution in [0, 0.1) is 0 Å². The minimum absolute atomic E-state index is 0. The van der Waals surface area contributed by atoms with E-state index in [4.69, 9.17) is 0 Å². The Kier molecular flexibility index (Phi) is 88.3. The molecule has 0 aliphatic carbocycles. The molecule has 0 aliphatic rings. The molecule has 7 heteroatoms. The SMILES string of the molecule is CCCCCCCCCCCCCCCCCCCN(CCCCCCCCCCCCCCCCCCC)C(C)CC(=O)[O-].CCCCCCCCCCCCCCCCCCCN(CCCCCCCCCCCCCCCCCCC)C(C)CC(=O)[O-].[Ca+2]. The van der Waals surface area contributed by atoms with Crippen molar-refractivity contribution in [3.8, 4) is 0 Å². The average molecular weight is 1310 g/mol. The summed E-state index contributed by atoms with van der Waals surface area (Å²) in [4.78, 5) is 27.4. The van der Waals surface area contributed by atoms with Gasteiger partial charge in [0.15, 0.2) is 0 Å². The molecule has 0 N–H and O–H groups in total. The normalized spacial score (nSPS) is 12.2. The number of carboxylic acids is 2. The number of rotatable bonds is 78. The van der Waals surface area contributed by atoms with Gasteiger partial charge in [-0.15, -0.1) is 0 Å². The molecule has 540 valence electrons. The van der Waals surface area contributed by atoms with Crippen LogP contribution in [-0.4, -0.2) is 97.7 Å². The molecule has 0 spiro atoms. The van der Waals surface area contributed by atoms with E-state index < -0.39 is 11.9 Å². The molecule has 0 aliphatic heterocycles. The van der Waals surface area contributed by atoms with Gasteiger partial charge in [0.2, 0.25) is 0 Å². The van der Waals surface area contributed by atoms with Gasteiger partial charge in [0.1, 0.15) is 0 Å². The molecule has 0 fully saturated rings. The minimum Gasteiger partial charge on any atom is -0.550 e. The predicted octanol–water partition coefficient (Wildman–Crippen LogP) is 25.9. The van der Waals surface area contributed by atoms with E-state index in [-0.39, 0.29) is 62.7 Å². The molecular weight excluding hydrogens is 1140 g/mol. The van der Waals surface area contributed by atoms with Crippen LogP contribution in [0.25, 0.3) is 0 Å². The van der Waals surface area contributed by atoms with E-state index in [0.29, 0.717) is 0 Å². The monoisotopic (exact) mass is 1310 g/mol. The largest absolute Gasteiger partial charge is 2.00 e. The minimum atomic E-state index is -0.905. The predicted molar refractivity (Wildman–Crippen MR) is 404 cm³/mol. The van der Waals surface area contributed by atoms with Crippen molar-refractivity contribution in [1.82, 2.24) is 9.80 Å². The van der Waals surface area contributed by atoms with Gasteiger partial charge in [-0.1, -0.05) is 439 Å². The third kappa shape index (κ3) is 82.5.